The van der Waals surface area contributed by atoms with E-state index in [0.29, 0.717) is 36.3 Å². The minimum Gasteiger partial charge on any atom is -0.339 e. The molecular formula is C19H22N6O2. The minimum absolute atomic E-state index is 0.0704. The van der Waals surface area contributed by atoms with E-state index in [2.05, 4.69) is 20.5 Å². The quantitative estimate of drug-likeness (QED) is 0.704. The van der Waals surface area contributed by atoms with Crippen molar-refractivity contribution in [1.82, 2.24) is 30.0 Å². The molecule has 0 bridgehead atoms. The van der Waals surface area contributed by atoms with Crippen LogP contribution in [0.15, 0.2) is 35.0 Å². The van der Waals surface area contributed by atoms with Crippen molar-refractivity contribution in [2.24, 2.45) is 13.0 Å². The number of carbonyl (C=O) groups is 1. The van der Waals surface area contributed by atoms with Gasteiger partial charge in [-0.1, -0.05) is 34.6 Å². The van der Waals surface area contributed by atoms with Crippen molar-refractivity contribution >= 4 is 5.91 Å². The maximum Gasteiger partial charge on any atom is 0.276 e. The van der Waals surface area contributed by atoms with Gasteiger partial charge in [-0.2, -0.15) is 4.98 Å². The van der Waals surface area contributed by atoms with Gasteiger partial charge in [0.1, 0.15) is 0 Å². The number of carbonyl (C=O) groups excluding carboxylic acids is 1. The van der Waals surface area contributed by atoms with E-state index in [9.17, 15) is 4.79 Å². The molecule has 3 aromatic rings. The van der Waals surface area contributed by atoms with Gasteiger partial charge in [-0.15, -0.1) is 5.10 Å². The molecule has 1 saturated heterocycles. The van der Waals surface area contributed by atoms with Crippen molar-refractivity contribution in [2.75, 3.05) is 13.1 Å². The molecule has 4 rings (SSSR count). The lowest BCUT2D eigenvalue weighted by Gasteiger charge is -2.31. The Morgan fingerprint density at radius 1 is 1.33 bits per heavy atom. The topological polar surface area (TPSA) is 89.9 Å². The SMILES string of the molecule is Cc1ccccc1-c1noc(C[C@H]2CCCN(C(=O)c3cn(C)nn3)C2)n1. The average Bonchev–Trinajstić information content (AvgIpc) is 3.31. The van der Waals surface area contributed by atoms with Gasteiger partial charge in [-0.05, 0) is 31.2 Å². The zero-order chi connectivity index (χ0) is 18.8. The first kappa shape index (κ1) is 17.4. The monoisotopic (exact) mass is 366 g/mol. The number of hydrogen-bond acceptors (Lipinski definition) is 6. The highest BCUT2D eigenvalue weighted by atomic mass is 16.5. The maximum absolute atomic E-state index is 12.6. The molecule has 0 unspecified atom stereocenters. The number of benzene rings is 1. The van der Waals surface area contributed by atoms with Gasteiger partial charge in [0.25, 0.3) is 5.91 Å². The molecule has 27 heavy (non-hydrogen) atoms. The number of nitrogens with zero attached hydrogens (tertiary/aromatic N) is 6. The van der Waals surface area contributed by atoms with Crippen molar-refractivity contribution in [2.45, 2.75) is 26.2 Å². The Morgan fingerprint density at radius 2 is 2.19 bits per heavy atom. The predicted molar refractivity (Wildman–Crippen MR) is 97.8 cm³/mol. The van der Waals surface area contributed by atoms with Gasteiger partial charge in [0.05, 0.1) is 6.20 Å². The molecule has 2 aromatic heterocycles. The van der Waals surface area contributed by atoms with Crippen LogP contribution in [0.1, 0.15) is 34.8 Å². The van der Waals surface area contributed by atoms with E-state index in [1.54, 1.807) is 17.9 Å². The first-order valence-corrected chi connectivity index (χ1v) is 9.14. The van der Waals surface area contributed by atoms with Gasteiger partial charge in [-0.25, -0.2) is 0 Å². The zero-order valence-electron chi connectivity index (χ0n) is 15.5. The second kappa shape index (κ2) is 7.30. The van der Waals surface area contributed by atoms with E-state index in [0.717, 1.165) is 30.5 Å². The molecular weight excluding hydrogens is 344 g/mol. The van der Waals surface area contributed by atoms with E-state index in [1.165, 1.54) is 0 Å². The number of rotatable bonds is 4. The summed E-state index contributed by atoms with van der Waals surface area (Å²) in [7, 11) is 1.75. The third kappa shape index (κ3) is 3.74. The zero-order valence-corrected chi connectivity index (χ0v) is 15.5. The molecule has 140 valence electrons. The average molecular weight is 366 g/mol. The Morgan fingerprint density at radius 3 is 2.96 bits per heavy atom. The van der Waals surface area contributed by atoms with E-state index < -0.39 is 0 Å². The summed E-state index contributed by atoms with van der Waals surface area (Å²) < 4.78 is 7.01. The van der Waals surface area contributed by atoms with Gasteiger partial charge in [-0.3, -0.25) is 9.48 Å². The van der Waals surface area contributed by atoms with Gasteiger partial charge in [0.15, 0.2) is 5.69 Å². The van der Waals surface area contributed by atoms with Crippen LogP contribution in [-0.4, -0.2) is 49.0 Å². The highest BCUT2D eigenvalue weighted by molar-refractivity contribution is 5.92. The third-order valence-electron chi connectivity index (χ3n) is 4.95. The highest BCUT2D eigenvalue weighted by Crippen LogP contribution is 2.24. The summed E-state index contributed by atoms with van der Waals surface area (Å²) in [6.45, 7) is 3.43. The Kier molecular flexibility index (Phi) is 4.70. The Hall–Kier alpha value is -3.03. The Bertz CT molecular complexity index is 947. The number of piperidine rings is 1. The Balaban J connectivity index is 1.43. The third-order valence-corrected chi connectivity index (χ3v) is 4.95. The number of aromatic nitrogens is 5. The molecule has 0 spiro atoms. The first-order valence-electron chi connectivity index (χ1n) is 9.14. The summed E-state index contributed by atoms with van der Waals surface area (Å²) in [5.74, 6) is 1.46. The number of likely N-dealkylation sites (tertiary alicyclic amines) is 1. The van der Waals surface area contributed by atoms with Crippen LogP contribution in [0.3, 0.4) is 0 Å². The number of amides is 1. The van der Waals surface area contributed by atoms with Gasteiger partial charge in [0, 0.05) is 32.1 Å². The van der Waals surface area contributed by atoms with Crippen molar-refractivity contribution < 1.29 is 9.32 Å². The van der Waals surface area contributed by atoms with Crippen LogP contribution in [0.25, 0.3) is 11.4 Å². The lowest BCUT2D eigenvalue weighted by molar-refractivity contribution is 0.0662. The highest BCUT2D eigenvalue weighted by Gasteiger charge is 2.27. The molecule has 1 aliphatic rings. The van der Waals surface area contributed by atoms with Crippen LogP contribution in [-0.2, 0) is 13.5 Å². The molecule has 1 atom stereocenters. The summed E-state index contributed by atoms with van der Waals surface area (Å²) in [5, 5.41) is 11.9. The maximum atomic E-state index is 12.6. The molecule has 1 fully saturated rings. The van der Waals surface area contributed by atoms with Crippen LogP contribution >= 0.6 is 0 Å². The summed E-state index contributed by atoms with van der Waals surface area (Å²) in [5.41, 5.74) is 2.48. The van der Waals surface area contributed by atoms with Crippen LogP contribution in [0, 0.1) is 12.8 Å². The summed E-state index contributed by atoms with van der Waals surface area (Å²) in [4.78, 5) is 19.0. The molecule has 0 aliphatic carbocycles. The standard InChI is InChI=1S/C19H22N6O2/c1-13-6-3-4-8-15(13)18-20-17(27-22-18)10-14-7-5-9-25(11-14)19(26)16-12-24(2)23-21-16/h3-4,6,8,12,14H,5,7,9-11H2,1-2H3/t14-/m1/s1. The van der Waals surface area contributed by atoms with Gasteiger partial charge in [0.2, 0.25) is 11.7 Å². The van der Waals surface area contributed by atoms with Crippen molar-refractivity contribution in [3.05, 3.63) is 47.6 Å². The molecule has 3 heterocycles. The normalized spacial score (nSPS) is 17.3. The van der Waals surface area contributed by atoms with Crippen LogP contribution in [0.5, 0.6) is 0 Å². The molecule has 8 heteroatoms. The molecule has 8 nitrogen and oxygen atoms in total. The van der Waals surface area contributed by atoms with Gasteiger partial charge < -0.3 is 9.42 Å². The minimum atomic E-state index is -0.0704. The molecule has 1 aliphatic heterocycles. The van der Waals surface area contributed by atoms with Crippen LogP contribution in [0.4, 0.5) is 0 Å². The largest absolute Gasteiger partial charge is 0.339 e. The molecule has 1 aromatic carbocycles. The van der Waals surface area contributed by atoms with E-state index in [1.807, 2.05) is 36.1 Å². The van der Waals surface area contributed by atoms with Crippen LogP contribution < -0.4 is 0 Å². The summed E-state index contributed by atoms with van der Waals surface area (Å²) in [6, 6.07) is 7.98. The Labute approximate surface area is 157 Å². The van der Waals surface area contributed by atoms with Crippen molar-refractivity contribution in [1.29, 1.82) is 0 Å². The molecule has 0 N–H and O–H groups in total. The predicted octanol–water partition coefficient (Wildman–Crippen LogP) is 2.27. The second-order valence-corrected chi connectivity index (χ2v) is 7.07. The number of hydrogen-bond donors (Lipinski definition) is 0. The van der Waals surface area contributed by atoms with Gasteiger partial charge >= 0.3 is 0 Å². The lowest BCUT2D eigenvalue weighted by atomic mass is 9.94. The molecule has 0 saturated carbocycles. The number of aryl methyl sites for hydroxylation is 2. The fraction of sp³-hybridized carbons (Fsp3) is 0.421. The molecule has 0 radical (unpaired) electrons. The lowest BCUT2D eigenvalue weighted by Crippen LogP contribution is -2.40. The first-order chi connectivity index (χ1) is 13.1. The van der Waals surface area contributed by atoms with E-state index in [4.69, 9.17) is 4.52 Å². The van der Waals surface area contributed by atoms with Crippen LogP contribution in [0.2, 0.25) is 0 Å². The fourth-order valence-corrected chi connectivity index (χ4v) is 3.54. The smallest absolute Gasteiger partial charge is 0.276 e. The van der Waals surface area contributed by atoms with E-state index in [-0.39, 0.29) is 5.91 Å². The van der Waals surface area contributed by atoms with E-state index >= 15 is 0 Å². The fourth-order valence-electron chi connectivity index (χ4n) is 3.54. The van der Waals surface area contributed by atoms with Crippen molar-refractivity contribution in [3.8, 4) is 11.4 Å². The summed E-state index contributed by atoms with van der Waals surface area (Å²) in [6.07, 6.45) is 4.31. The molecule has 1 amide bonds. The van der Waals surface area contributed by atoms with Crippen molar-refractivity contribution in [3.63, 3.8) is 0 Å². The second-order valence-electron chi connectivity index (χ2n) is 7.07. The summed E-state index contributed by atoms with van der Waals surface area (Å²) >= 11 is 0.